The van der Waals surface area contributed by atoms with Crippen LogP contribution >= 0.6 is 11.6 Å². The van der Waals surface area contributed by atoms with Crippen LogP contribution in [0.15, 0.2) is 12.3 Å². The van der Waals surface area contributed by atoms with Crippen molar-refractivity contribution in [2.24, 2.45) is 5.92 Å². The molecule has 0 amide bonds. The second kappa shape index (κ2) is 6.39. The van der Waals surface area contributed by atoms with Crippen molar-refractivity contribution in [2.45, 2.75) is 33.2 Å². The first kappa shape index (κ1) is 13.6. The molecule has 1 unspecified atom stereocenters. The molecule has 1 atom stereocenters. The van der Waals surface area contributed by atoms with Crippen molar-refractivity contribution in [1.29, 1.82) is 0 Å². The maximum absolute atomic E-state index is 6.18. The maximum Gasteiger partial charge on any atom is 0.128 e. The molecule has 1 fully saturated rings. The molecule has 2 heterocycles. The zero-order valence-corrected chi connectivity index (χ0v) is 12.0. The number of pyridine rings is 1. The molecule has 0 saturated carbocycles. The summed E-state index contributed by atoms with van der Waals surface area (Å²) in [5.74, 6) is 1.83. The molecule has 1 saturated heterocycles. The first-order valence-corrected chi connectivity index (χ1v) is 7.18. The van der Waals surface area contributed by atoms with Gasteiger partial charge in [0.25, 0.3) is 0 Å². The summed E-state index contributed by atoms with van der Waals surface area (Å²) >= 11 is 6.18. The molecule has 1 aliphatic heterocycles. The molecule has 100 valence electrons. The Bertz CT molecular complexity index is 395. The summed E-state index contributed by atoms with van der Waals surface area (Å²) in [4.78, 5) is 6.85. The molecule has 18 heavy (non-hydrogen) atoms. The van der Waals surface area contributed by atoms with Crippen molar-refractivity contribution in [1.82, 2.24) is 10.3 Å². The Kier molecular flexibility index (Phi) is 4.84. The van der Waals surface area contributed by atoms with Gasteiger partial charge >= 0.3 is 0 Å². The third-order valence-electron chi connectivity index (χ3n) is 3.47. The number of anilines is 1. The monoisotopic (exact) mass is 267 g/mol. The average Bonchev–Trinajstić information content (AvgIpc) is 2.38. The van der Waals surface area contributed by atoms with Gasteiger partial charge in [-0.15, -0.1) is 0 Å². The molecule has 1 aliphatic rings. The second-order valence-electron chi connectivity index (χ2n) is 5.11. The van der Waals surface area contributed by atoms with Crippen LogP contribution in [0.1, 0.15) is 32.3 Å². The van der Waals surface area contributed by atoms with Gasteiger partial charge in [0.1, 0.15) is 5.82 Å². The quantitative estimate of drug-likeness (QED) is 0.909. The summed E-state index contributed by atoms with van der Waals surface area (Å²) in [5, 5.41) is 4.07. The zero-order valence-electron chi connectivity index (χ0n) is 11.2. The normalized spacial score (nSPS) is 20.2. The van der Waals surface area contributed by atoms with E-state index in [0.717, 1.165) is 48.5 Å². The fourth-order valence-corrected chi connectivity index (χ4v) is 2.60. The van der Waals surface area contributed by atoms with E-state index in [1.54, 1.807) is 6.20 Å². The topological polar surface area (TPSA) is 28.2 Å². The Morgan fingerprint density at radius 3 is 3.11 bits per heavy atom. The molecule has 1 N–H and O–H groups in total. The highest BCUT2D eigenvalue weighted by Gasteiger charge is 2.18. The summed E-state index contributed by atoms with van der Waals surface area (Å²) in [6, 6.07) is 2.13. The van der Waals surface area contributed by atoms with E-state index in [9.17, 15) is 0 Å². The first-order chi connectivity index (χ1) is 8.70. The SMILES string of the molecule is CCNCc1cc(N2CCCC(C)C2)ncc1Cl. The number of nitrogens with one attached hydrogen (secondary N) is 1. The lowest BCUT2D eigenvalue weighted by molar-refractivity contribution is 0.444. The van der Waals surface area contributed by atoms with Gasteiger partial charge in [-0.05, 0) is 36.9 Å². The number of hydrogen-bond donors (Lipinski definition) is 1. The largest absolute Gasteiger partial charge is 0.356 e. The van der Waals surface area contributed by atoms with E-state index >= 15 is 0 Å². The smallest absolute Gasteiger partial charge is 0.128 e. The third kappa shape index (κ3) is 3.36. The van der Waals surface area contributed by atoms with E-state index in [-0.39, 0.29) is 0 Å². The van der Waals surface area contributed by atoms with Gasteiger partial charge in [0.15, 0.2) is 0 Å². The molecule has 0 spiro atoms. The fourth-order valence-electron chi connectivity index (χ4n) is 2.43. The van der Waals surface area contributed by atoms with E-state index in [0.29, 0.717) is 0 Å². The minimum Gasteiger partial charge on any atom is -0.356 e. The minimum absolute atomic E-state index is 0.754. The molecular weight excluding hydrogens is 246 g/mol. The molecule has 1 aromatic heterocycles. The number of nitrogens with zero attached hydrogens (tertiary/aromatic N) is 2. The van der Waals surface area contributed by atoms with Crippen LogP contribution in [-0.2, 0) is 6.54 Å². The van der Waals surface area contributed by atoms with Crippen molar-refractivity contribution < 1.29 is 0 Å². The van der Waals surface area contributed by atoms with Crippen molar-refractivity contribution in [3.8, 4) is 0 Å². The molecule has 4 heteroatoms. The zero-order chi connectivity index (χ0) is 13.0. The van der Waals surface area contributed by atoms with Crippen LogP contribution in [0.25, 0.3) is 0 Å². The van der Waals surface area contributed by atoms with Gasteiger partial charge in [-0.2, -0.15) is 0 Å². The van der Waals surface area contributed by atoms with Gasteiger partial charge in [-0.3, -0.25) is 0 Å². The Labute approximate surface area is 115 Å². The molecule has 0 radical (unpaired) electrons. The number of aromatic nitrogens is 1. The van der Waals surface area contributed by atoms with Gasteiger partial charge in [-0.1, -0.05) is 25.4 Å². The molecule has 0 aromatic carbocycles. The summed E-state index contributed by atoms with van der Waals surface area (Å²) in [7, 11) is 0. The lowest BCUT2D eigenvalue weighted by Gasteiger charge is -2.32. The number of rotatable bonds is 4. The van der Waals surface area contributed by atoms with Crippen molar-refractivity contribution in [3.05, 3.63) is 22.8 Å². The highest BCUT2D eigenvalue weighted by atomic mass is 35.5. The predicted molar refractivity (Wildman–Crippen MR) is 77.2 cm³/mol. The fraction of sp³-hybridized carbons (Fsp3) is 0.643. The van der Waals surface area contributed by atoms with Gasteiger partial charge in [-0.25, -0.2) is 4.98 Å². The summed E-state index contributed by atoms with van der Waals surface area (Å²) in [6.07, 6.45) is 4.37. The molecule has 0 aliphatic carbocycles. The average molecular weight is 268 g/mol. The van der Waals surface area contributed by atoms with Crippen LogP contribution in [0.5, 0.6) is 0 Å². The number of piperidine rings is 1. The third-order valence-corrected chi connectivity index (χ3v) is 3.81. The predicted octanol–water partition coefficient (Wildman–Crippen LogP) is 3.08. The van der Waals surface area contributed by atoms with Crippen LogP contribution in [0.2, 0.25) is 5.02 Å². The van der Waals surface area contributed by atoms with Crippen LogP contribution in [0.3, 0.4) is 0 Å². The van der Waals surface area contributed by atoms with Gasteiger partial charge in [0, 0.05) is 25.8 Å². The number of hydrogen-bond acceptors (Lipinski definition) is 3. The highest BCUT2D eigenvalue weighted by molar-refractivity contribution is 6.31. The van der Waals surface area contributed by atoms with E-state index < -0.39 is 0 Å². The maximum atomic E-state index is 6.18. The van der Waals surface area contributed by atoms with E-state index in [4.69, 9.17) is 11.6 Å². The molecule has 0 bridgehead atoms. The Morgan fingerprint density at radius 1 is 1.56 bits per heavy atom. The molecule has 1 aromatic rings. The Balaban J connectivity index is 2.12. The van der Waals surface area contributed by atoms with Crippen molar-refractivity contribution in [2.75, 3.05) is 24.5 Å². The lowest BCUT2D eigenvalue weighted by atomic mass is 10.0. The van der Waals surface area contributed by atoms with Crippen LogP contribution in [0.4, 0.5) is 5.82 Å². The summed E-state index contributed by atoms with van der Waals surface area (Å²) < 4.78 is 0. The van der Waals surface area contributed by atoms with Crippen LogP contribution < -0.4 is 10.2 Å². The highest BCUT2D eigenvalue weighted by Crippen LogP contribution is 2.24. The minimum atomic E-state index is 0.754. The Hall–Kier alpha value is -0.800. The van der Waals surface area contributed by atoms with Crippen molar-refractivity contribution in [3.63, 3.8) is 0 Å². The summed E-state index contributed by atoms with van der Waals surface area (Å²) in [6.45, 7) is 8.39. The van der Waals surface area contributed by atoms with Crippen LogP contribution in [-0.4, -0.2) is 24.6 Å². The van der Waals surface area contributed by atoms with E-state index in [1.165, 1.54) is 12.8 Å². The van der Waals surface area contributed by atoms with E-state index in [2.05, 4.69) is 35.1 Å². The first-order valence-electron chi connectivity index (χ1n) is 6.80. The molecular formula is C14H22ClN3. The second-order valence-corrected chi connectivity index (χ2v) is 5.51. The lowest BCUT2D eigenvalue weighted by Crippen LogP contribution is -2.34. The Morgan fingerprint density at radius 2 is 2.39 bits per heavy atom. The van der Waals surface area contributed by atoms with Crippen molar-refractivity contribution >= 4 is 17.4 Å². The molecule has 3 nitrogen and oxygen atoms in total. The van der Waals surface area contributed by atoms with E-state index in [1.807, 2.05) is 0 Å². The number of halogens is 1. The van der Waals surface area contributed by atoms with Crippen LogP contribution in [0, 0.1) is 5.92 Å². The molecule has 2 rings (SSSR count). The van der Waals surface area contributed by atoms with Gasteiger partial charge in [0.2, 0.25) is 0 Å². The standard InChI is InChI=1S/C14H22ClN3/c1-3-16-8-12-7-14(17-9-13(12)15)18-6-4-5-11(2)10-18/h7,9,11,16H,3-6,8,10H2,1-2H3. The van der Waals surface area contributed by atoms with Gasteiger partial charge < -0.3 is 10.2 Å². The van der Waals surface area contributed by atoms with Gasteiger partial charge in [0.05, 0.1) is 5.02 Å². The summed E-state index contributed by atoms with van der Waals surface area (Å²) in [5.41, 5.74) is 1.14.